The molecule has 0 aromatic heterocycles. The molecule has 0 bridgehead atoms. The molecule has 1 atom stereocenters. The molecule has 5 heteroatoms. The fraction of sp³-hybridized carbons (Fsp3) is 0.350. The van der Waals surface area contributed by atoms with Gasteiger partial charge in [-0.25, -0.2) is 0 Å². The molecule has 0 fully saturated rings. The average molecular weight is 342 g/mol. The molecule has 134 valence electrons. The van der Waals surface area contributed by atoms with Gasteiger partial charge in [-0.2, -0.15) is 0 Å². The van der Waals surface area contributed by atoms with E-state index in [4.69, 9.17) is 5.11 Å². The van der Waals surface area contributed by atoms with Crippen molar-refractivity contribution in [1.29, 1.82) is 0 Å². The van der Waals surface area contributed by atoms with Gasteiger partial charge in [-0.3, -0.25) is 4.79 Å². The first kappa shape index (κ1) is 18.8. The van der Waals surface area contributed by atoms with Gasteiger partial charge in [0.05, 0.1) is 19.1 Å². The highest BCUT2D eigenvalue weighted by molar-refractivity contribution is 5.79. The van der Waals surface area contributed by atoms with Gasteiger partial charge in [-0.15, -0.1) is 0 Å². The summed E-state index contributed by atoms with van der Waals surface area (Å²) in [6.45, 7) is 4.40. The van der Waals surface area contributed by atoms with Gasteiger partial charge in [0.25, 0.3) is 0 Å². The number of amides is 1. The molecule has 2 aromatic rings. The summed E-state index contributed by atoms with van der Waals surface area (Å²) < 4.78 is 0. The minimum absolute atomic E-state index is 0.0447. The van der Waals surface area contributed by atoms with Crippen LogP contribution in [-0.4, -0.2) is 28.8 Å². The molecule has 1 unspecified atom stereocenters. The van der Waals surface area contributed by atoms with E-state index in [2.05, 4.69) is 10.6 Å². The number of carbonyl (C=O) groups excluding carboxylic acids is 1. The van der Waals surface area contributed by atoms with Crippen LogP contribution in [0.5, 0.6) is 5.75 Å². The zero-order chi connectivity index (χ0) is 18.2. The lowest BCUT2D eigenvalue weighted by Crippen LogP contribution is -2.37. The molecular weight excluding hydrogens is 316 g/mol. The molecule has 1 amide bonds. The minimum Gasteiger partial charge on any atom is -0.508 e. The molecule has 0 aliphatic carbocycles. The van der Waals surface area contributed by atoms with Crippen molar-refractivity contribution in [3.8, 4) is 5.75 Å². The van der Waals surface area contributed by atoms with E-state index in [1.165, 1.54) is 0 Å². The molecule has 5 nitrogen and oxygen atoms in total. The van der Waals surface area contributed by atoms with Crippen LogP contribution >= 0.6 is 0 Å². The second-order valence-corrected chi connectivity index (χ2v) is 6.21. The van der Waals surface area contributed by atoms with Crippen molar-refractivity contribution in [2.45, 2.75) is 39.3 Å². The summed E-state index contributed by atoms with van der Waals surface area (Å²) >= 11 is 0. The van der Waals surface area contributed by atoms with Gasteiger partial charge >= 0.3 is 0 Å². The highest BCUT2D eigenvalue weighted by Crippen LogP contribution is 2.20. The lowest BCUT2D eigenvalue weighted by molar-refractivity contribution is -0.121. The number of aliphatic hydroxyl groups excluding tert-OH is 1. The number of aromatic hydroxyl groups is 1. The summed E-state index contributed by atoms with van der Waals surface area (Å²) in [5.41, 5.74) is 3.78. The normalized spacial score (nSPS) is 11.8. The van der Waals surface area contributed by atoms with Gasteiger partial charge in [-0.1, -0.05) is 36.8 Å². The zero-order valence-electron chi connectivity index (χ0n) is 14.7. The van der Waals surface area contributed by atoms with E-state index in [0.717, 1.165) is 22.4 Å². The van der Waals surface area contributed by atoms with E-state index < -0.39 is 0 Å². The summed E-state index contributed by atoms with van der Waals surface area (Å²) in [7, 11) is 0. The lowest BCUT2D eigenvalue weighted by Gasteiger charge is -2.14. The van der Waals surface area contributed by atoms with Gasteiger partial charge in [0.1, 0.15) is 5.75 Å². The number of nitrogens with one attached hydrogen (secondary N) is 2. The van der Waals surface area contributed by atoms with E-state index in [-0.39, 0.29) is 30.7 Å². The lowest BCUT2D eigenvalue weighted by atomic mass is 10.1. The predicted octanol–water partition coefficient (Wildman–Crippen LogP) is 2.74. The van der Waals surface area contributed by atoms with Crippen LogP contribution in [0.15, 0.2) is 42.5 Å². The molecule has 0 aliphatic heterocycles. The van der Waals surface area contributed by atoms with Crippen LogP contribution in [0.25, 0.3) is 0 Å². The first-order valence-electron chi connectivity index (χ1n) is 8.53. The molecule has 0 saturated carbocycles. The summed E-state index contributed by atoms with van der Waals surface area (Å²) in [4.78, 5) is 11.9. The maximum atomic E-state index is 11.9. The topological polar surface area (TPSA) is 81.6 Å². The van der Waals surface area contributed by atoms with Crippen molar-refractivity contribution in [3.05, 3.63) is 59.2 Å². The van der Waals surface area contributed by atoms with Gasteiger partial charge < -0.3 is 20.8 Å². The number of phenols is 1. The zero-order valence-corrected chi connectivity index (χ0v) is 14.7. The van der Waals surface area contributed by atoms with Gasteiger partial charge in [0.15, 0.2) is 0 Å². The number of aliphatic hydroxyl groups is 1. The molecule has 2 rings (SSSR count). The second-order valence-electron chi connectivity index (χ2n) is 6.21. The summed E-state index contributed by atoms with van der Waals surface area (Å²) in [6, 6.07) is 13.0. The molecule has 0 saturated heterocycles. The monoisotopic (exact) mass is 342 g/mol. The number of hydrogen-bond donors (Lipinski definition) is 4. The first-order valence-corrected chi connectivity index (χ1v) is 8.53. The third kappa shape index (κ3) is 5.80. The maximum absolute atomic E-state index is 11.9. The van der Waals surface area contributed by atoms with Crippen molar-refractivity contribution in [3.63, 3.8) is 0 Å². The largest absolute Gasteiger partial charge is 0.508 e. The van der Waals surface area contributed by atoms with Crippen LogP contribution in [0.1, 0.15) is 30.0 Å². The Morgan fingerprint density at radius 2 is 1.88 bits per heavy atom. The Bertz CT molecular complexity index is 695. The molecular formula is C20H26N2O3. The molecule has 0 radical (unpaired) electrons. The van der Waals surface area contributed by atoms with Crippen molar-refractivity contribution in [2.75, 3.05) is 11.9 Å². The fourth-order valence-corrected chi connectivity index (χ4v) is 2.53. The Kier molecular flexibility index (Phi) is 6.83. The number of benzene rings is 2. The van der Waals surface area contributed by atoms with Gasteiger partial charge in [0.2, 0.25) is 5.91 Å². The third-order valence-corrected chi connectivity index (χ3v) is 4.11. The van der Waals surface area contributed by atoms with E-state index in [1.807, 2.05) is 50.2 Å². The summed E-state index contributed by atoms with van der Waals surface area (Å²) in [5.74, 6) is 0.187. The smallest absolute Gasteiger partial charge is 0.224 e. The number of rotatable bonds is 8. The third-order valence-electron chi connectivity index (χ3n) is 4.11. The Morgan fingerprint density at radius 3 is 2.52 bits per heavy atom. The summed E-state index contributed by atoms with van der Waals surface area (Å²) in [5, 5.41) is 25.1. The Hall–Kier alpha value is -2.53. The molecule has 0 aliphatic rings. The Balaban J connectivity index is 1.89. The molecule has 25 heavy (non-hydrogen) atoms. The van der Waals surface area contributed by atoms with Crippen LogP contribution < -0.4 is 10.6 Å². The quantitative estimate of drug-likeness (QED) is 0.595. The Morgan fingerprint density at radius 1 is 1.16 bits per heavy atom. The number of carbonyl (C=O) groups is 1. The maximum Gasteiger partial charge on any atom is 0.224 e. The van der Waals surface area contributed by atoms with Crippen LogP contribution in [0.4, 0.5) is 5.69 Å². The SMILES string of the molecule is CCC(CO)NC(=O)Cc1ccc(NCc2cc(C)ccc2O)cc1. The molecule has 0 heterocycles. The van der Waals surface area contributed by atoms with Crippen LogP contribution in [-0.2, 0) is 17.8 Å². The number of anilines is 1. The number of aryl methyl sites for hydroxylation is 1. The van der Waals surface area contributed by atoms with Crippen LogP contribution in [0, 0.1) is 6.92 Å². The van der Waals surface area contributed by atoms with Crippen molar-refractivity contribution >= 4 is 11.6 Å². The van der Waals surface area contributed by atoms with Crippen molar-refractivity contribution in [1.82, 2.24) is 5.32 Å². The highest BCUT2D eigenvalue weighted by Gasteiger charge is 2.09. The average Bonchev–Trinajstić information content (AvgIpc) is 2.61. The molecule has 2 aromatic carbocycles. The van der Waals surface area contributed by atoms with Crippen molar-refractivity contribution < 1.29 is 15.0 Å². The van der Waals surface area contributed by atoms with Gasteiger partial charge in [-0.05, 0) is 37.1 Å². The molecule has 4 N–H and O–H groups in total. The second kappa shape index (κ2) is 9.08. The van der Waals surface area contributed by atoms with Crippen LogP contribution in [0.2, 0.25) is 0 Å². The Labute approximate surface area is 148 Å². The van der Waals surface area contributed by atoms with Crippen molar-refractivity contribution in [2.24, 2.45) is 0 Å². The number of phenolic OH excluding ortho intramolecular Hbond substituents is 1. The first-order chi connectivity index (χ1) is 12.0. The highest BCUT2D eigenvalue weighted by atomic mass is 16.3. The van der Waals surface area contributed by atoms with E-state index in [0.29, 0.717) is 13.0 Å². The summed E-state index contributed by atoms with van der Waals surface area (Å²) in [6.07, 6.45) is 0.992. The van der Waals surface area contributed by atoms with Crippen LogP contribution in [0.3, 0.4) is 0 Å². The van der Waals surface area contributed by atoms with E-state index in [9.17, 15) is 9.90 Å². The van der Waals surface area contributed by atoms with E-state index in [1.54, 1.807) is 6.07 Å². The number of hydrogen-bond acceptors (Lipinski definition) is 4. The minimum atomic E-state index is -0.185. The fourth-order valence-electron chi connectivity index (χ4n) is 2.53. The van der Waals surface area contributed by atoms with Gasteiger partial charge in [0, 0.05) is 17.8 Å². The van der Waals surface area contributed by atoms with E-state index >= 15 is 0 Å². The molecule has 0 spiro atoms. The predicted molar refractivity (Wildman–Crippen MR) is 99.6 cm³/mol. The standard InChI is InChI=1S/C20H26N2O3/c1-3-17(13-23)22-20(25)11-15-5-7-18(8-6-15)21-12-16-10-14(2)4-9-19(16)24/h4-10,17,21,23-24H,3,11-13H2,1-2H3,(H,22,25).